The molecule has 0 aliphatic heterocycles. The van der Waals surface area contributed by atoms with Gasteiger partial charge in [0.2, 0.25) is 5.91 Å². The summed E-state index contributed by atoms with van der Waals surface area (Å²) in [5.74, 6) is 3.13. The lowest BCUT2D eigenvalue weighted by atomic mass is 10.2. The van der Waals surface area contributed by atoms with Gasteiger partial charge in [0, 0.05) is 29.3 Å². The predicted octanol–water partition coefficient (Wildman–Crippen LogP) is 1.14. The molecule has 2 N–H and O–H groups in total. The van der Waals surface area contributed by atoms with Gasteiger partial charge in [-0.25, -0.2) is 4.79 Å². The van der Waals surface area contributed by atoms with Crippen LogP contribution in [0.5, 0.6) is 0 Å². The van der Waals surface area contributed by atoms with E-state index in [9.17, 15) is 9.59 Å². The van der Waals surface area contributed by atoms with Gasteiger partial charge in [-0.2, -0.15) is 5.26 Å². The second kappa shape index (κ2) is 6.51. The Kier molecular flexibility index (Phi) is 4.71. The molecule has 88 valence electrons. The third kappa shape index (κ3) is 4.65. The Labute approximate surface area is 103 Å². The number of benzene rings is 1. The number of hydrogen-bond acceptors (Lipinski definition) is 3. The van der Waals surface area contributed by atoms with Crippen molar-refractivity contribution in [1.29, 1.82) is 5.26 Å². The third-order valence-electron chi connectivity index (χ3n) is 1.79. The summed E-state index contributed by atoms with van der Waals surface area (Å²) in [5, 5.41) is 19.1. The predicted molar refractivity (Wildman–Crippen MR) is 64.3 cm³/mol. The number of carboxylic acids is 1. The van der Waals surface area contributed by atoms with Crippen molar-refractivity contribution in [2.75, 3.05) is 5.32 Å². The fraction of sp³-hybridized carbons (Fsp3) is 0. The van der Waals surface area contributed by atoms with Gasteiger partial charge in [0.15, 0.2) is 6.07 Å². The van der Waals surface area contributed by atoms with Gasteiger partial charge in [0.05, 0.1) is 0 Å². The van der Waals surface area contributed by atoms with Gasteiger partial charge in [-0.05, 0) is 24.3 Å². The average molecular weight is 240 g/mol. The first-order valence-corrected chi connectivity index (χ1v) is 4.84. The first kappa shape index (κ1) is 13.0. The lowest BCUT2D eigenvalue weighted by Crippen LogP contribution is -2.08. The van der Waals surface area contributed by atoms with Crippen LogP contribution in [0.4, 0.5) is 5.69 Å². The molecule has 0 saturated heterocycles. The van der Waals surface area contributed by atoms with Gasteiger partial charge in [-0.3, -0.25) is 4.79 Å². The van der Waals surface area contributed by atoms with Crippen LogP contribution < -0.4 is 5.32 Å². The van der Waals surface area contributed by atoms with E-state index in [0.29, 0.717) is 11.3 Å². The lowest BCUT2D eigenvalue weighted by Gasteiger charge is -2.01. The summed E-state index contributed by atoms with van der Waals surface area (Å²) < 4.78 is 0. The minimum atomic E-state index is -1.19. The third-order valence-corrected chi connectivity index (χ3v) is 1.79. The molecule has 0 unspecified atom stereocenters. The summed E-state index contributed by atoms with van der Waals surface area (Å²) >= 11 is 0. The zero-order valence-electron chi connectivity index (χ0n) is 9.18. The van der Waals surface area contributed by atoms with Crippen molar-refractivity contribution in [1.82, 2.24) is 0 Å². The molecule has 0 atom stereocenters. The summed E-state index contributed by atoms with van der Waals surface area (Å²) in [4.78, 5) is 21.4. The Hall–Kier alpha value is -3.05. The molecule has 0 radical (unpaired) electrons. The first-order chi connectivity index (χ1) is 8.61. The number of carbonyl (C=O) groups is 2. The van der Waals surface area contributed by atoms with Crippen LogP contribution in [0.25, 0.3) is 0 Å². The first-order valence-electron chi connectivity index (χ1n) is 4.84. The highest BCUT2D eigenvalue weighted by Gasteiger charge is 1.98. The van der Waals surface area contributed by atoms with E-state index in [4.69, 9.17) is 10.4 Å². The van der Waals surface area contributed by atoms with Gasteiger partial charge < -0.3 is 10.4 Å². The molecule has 1 aromatic carbocycles. The minimum Gasteiger partial charge on any atom is -0.478 e. The van der Waals surface area contributed by atoms with Gasteiger partial charge in [0.1, 0.15) is 0 Å². The van der Waals surface area contributed by atoms with Gasteiger partial charge in [0.25, 0.3) is 0 Å². The molecule has 0 saturated carbocycles. The van der Waals surface area contributed by atoms with Crippen molar-refractivity contribution in [3.63, 3.8) is 0 Å². The van der Waals surface area contributed by atoms with Crippen molar-refractivity contribution < 1.29 is 14.7 Å². The van der Waals surface area contributed by atoms with Gasteiger partial charge >= 0.3 is 5.97 Å². The fourth-order valence-electron chi connectivity index (χ4n) is 1.07. The van der Waals surface area contributed by atoms with Crippen LogP contribution in [0.15, 0.2) is 36.4 Å². The number of amides is 1. The lowest BCUT2D eigenvalue weighted by molar-refractivity contribution is -0.131. The average Bonchev–Trinajstić information content (AvgIpc) is 2.35. The Bertz CT molecular complexity index is 583. The number of rotatable bonds is 3. The van der Waals surface area contributed by atoms with Crippen LogP contribution in [0.2, 0.25) is 0 Å². The molecule has 18 heavy (non-hydrogen) atoms. The summed E-state index contributed by atoms with van der Waals surface area (Å²) in [5.41, 5.74) is 1.16. The normalized spacial score (nSPS) is 9.06. The van der Waals surface area contributed by atoms with Gasteiger partial charge in [-0.15, -0.1) is 0 Å². The second-order valence-corrected chi connectivity index (χ2v) is 3.10. The molecule has 5 nitrogen and oxygen atoms in total. The van der Waals surface area contributed by atoms with Crippen molar-refractivity contribution in [2.24, 2.45) is 0 Å². The SMILES string of the molecule is N#CC#Cc1ccc(NC(=O)C=CC(=O)O)cc1. The Balaban J connectivity index is 2.67. The highest BCUT2D eigenvalue weighted by Crippen LogP contribution is 2.08. The van der Waals surface area contributed by atoms with E-state index in [1.165, 1.54) is 0 Å². The number of carbonyl (C=O) groups excluding carboxylic acids is 1. The molecule has 0 aliphatic carbocycles. The summed E-state index contributed by atoms with van der Waals surface area (Å²) in [6.45, 7) is 0. The van der Waals surface area contributed by atoms with Crippen molar-refractivity contribution >= 4 is 17.6 Å². The molecular formula is C13H8N2O3. The Morgan fingerprint density at radius 2 is 1.89 bits per heavy atom. The highest BCUT2D eigenvalue weighted by atomic mass is 16.4. The molecular weight excluding hydrogens is 232 g/mol. The van der Waals surface area contributed by atoms with Crippen molar-refractivity contribution in [3.8, 4) is 17.9 Å². The molecule has 0 fully saturated rings. The van der Waals surface area contributed by atoms with Crippen LogP contribution in [0.3, 0.4) is 0 Å². The number of nitrogens with zero attached hydrogens (tertiary/aromatic N) is 1. The van der Waals surface area contributed by atoms with Crippen LogP contribution in [-0.2, 0) is 9.59 Å². The molecule has 0 aromatic heterocycles. The van der Waals surface area contributed by atoms with Crippen LogP contribution in [0.1, 0.15) is 5.56 Å². The number of hydrogen-bond donors (Lipinski definition) is 2. The number of carboxylic acid groups (broad SMARTS) is 1. The molecule has 0 bridgehead atoms. The van der Waals surface area contributed by atoms with Crippen molar-refractivity contribution in [3.05, 3.63) is 42.0 Å². The molecule has 1 rings (SSSR count). The van der Waals surface area contributed by atoms with E-state index >= 15 is 0 Å². The van der Waals surface area contributed by atoms with E-state index in [2.05, 4.69) is 17.2 Å². The molecule has 5 heteroatoms. The zero-order valence-corrected chi connectivity index (χ0v) is 9.18. The molecule has 0 aliphatic rings. The number of nitriles is 1. The highest BCUT2D eigenvalue weighted by molar-refractivity contribution is 6.02. The van der Waals surface area contributed by atoms with E-state index < -0.39 is 11.9 Å². The maximum absolute atomic E-state index is 11.2. The quantitative estimate of drug-likeness (QED) is 0.612. The zero-order chi connectivity index (χ0) is 13.4. The van der Waals surface area contributed by atoms with E-state index in [1.54, 1.807) is 30.3 Å². The summed E-state index contributed by atoms with van der Waals surface area (Å²) in [6, 6.07) is 8.18. The second-order valence-electron chi connectivity index (χ2n) is 3.10. The fourth-order valence-corrected chi connectivity index (χ4v) is 1.07. The van der Waals surface area contributed by atoms with Gasteiger partial charge in [-0.1, -0.05) is 5.92 Å². The molecule has 1 aromatic rings. The minimum absolute atomic E-state index is 0.512. The Morgan fingerprint density at radius 1 is 1.22 bits per heavy atom. The number of anilines is 1. The summed E-state index contributed by atoms with van der Waals surface area (Å²) in [6.07, 6.45) is 1.67. The topological polar surface area (TPSA) is 90.2 Å². The van der Waals surface area contributed by atoms with Crippen LogP contribution in [-0.4, -0.2) is 17.0 Å². The van der Waals surface area contributed by atoms with E-state index in [-0.39, 0.29) is 0 Å². The van der Waals surface area contributed by atoms with Crippen molar-refractivity contribution in [2.45, 2.75) is 0 Å². The number of aliphatic carboxylic acids is 1. The molecule has 0 heterocycles. The standard InChI is InChI=1S/C13H8N2O3/c14-9-1-2-10-3-5-11(6-4-10)15-12(16)7-8-13(17)18/h3-8H,(H,15,16)(H,17,18). The largest absolute Gasteiger partial charge is 0.478 e. The summed E-state index contributed by atoms with van der Waals surface area (Å²) in [7, 11) is 0. The van der Waals surface area contributed by atoms with E-state index in [1.807, 2.05) is 0 Å². The van der Waals surface area contributed by atoms with Crippen LogP contribution in [0, 0.1) is 23.2 Å². The maximum atomic E-state index is 11.2. The molecule has 0 spiro atoms. The van der Waals surface area contributed by atoms with Crippen LogP contribution >= 0.6 is 0 Å². The smallest absolute Gasteiger partial charge is 0.328 e. The number of nitrogens with one attached hydrogen (secondary N) is 1. The monoisotopic (exact) mass is 240 g/mol. The Morgan fingerprint density at radius 3 is 2.44 bits per heavy atom. The van der Waals surface area contributed by atoms with E-state index in [0.717, 1.165) is 12.2 Å². The molecule has 1 amide bonds. The maximum Gasteiger partial charge on any atom is 0.328 e.